The molecule has 4 nitrogen and oxygen atoms in total. The number of nitrogen functional groups attached to an aromatic ring is 1. The molecule has 18 heavy (non-hydrogen) atoms. The van der Waals surface area contributed by atoms with Gasteiger partial charge in [-0.25, -0.2) is 0 Å². The van der Waals surface area contributed by atoms with Crippen LogP contribution < -0.4 is 5.73 Å². The third kappa shape index (κ3) is 5.35. The van der Waals surface area contributed by atoms with Crippen LogP contribution in [0, 0.1) is 0 Å². The molecule has 0 saturated carbocycles. The van der Waals surface area contributed by atoms with Crippen molar-refractivity contribution in [2.24, 2.45) is 0 Å². The molecule has 0 heterocycles. The lowest BCUT2D eigenvalue weighted by Gasteiger charge is -2.05. The van der Waals surface area contributed by atoms with E-state index in [2.05, 4.69) is 0 Å². The minimum absolute atomic E-state index is 0.432. The van der Waals surface area contributed by atoms with Crippen molar-refractivity contribution < 1.29 is 13.7 Å². The minimum Gasteiger partial charge on any atom is -0.398 e. The maximum absolute atomic E-state index is 11.9. The van der Waals surface area contributed by atoms with Gasteiger partial charge in [0.15, 0.2) is 0 Å². The van der Waals surface area contributed by atoms with E-state index in [1.165, 1.54) is 0 Å². The molecule has 1 atom stereocenters. The van der Waals surface area contributed by atoms with E-state index < -0.39 is 10.8 Å². The molecule has 0 aliphatic rings. The summed E-state index contributed by atoms with van der Waals surface area (Å²) in [5.41, 5.74) is 6.08. The van der Waals surface area contributed by atoms with Gasteiger partial charge in [-0.3, -0.25) is 4.21 Å². The zero-order chi connectivity index (χ0) is 13.4. The van der Waals surface area contributed by atoms with Crippen molar-refractivity contribution in [3.63, 3.8) is 0 Å². The van der Waals surface area contributed by atoms with Crippen molar-refractivity contribution in [1.29, 1.82) is 0 Å². The van der Waals surface area contributed by atoms with E-state index in [1.807, 2.05) is 0 Å². The van der Waals surface area contributed by atoms with Gasteiger partial charge < -0.3 is 15.2 Å². The number of benzene rings is 1. The Bertz CT molecular complexity index is 401. The van der Waals surface area contributed by atoms with Gasteiger partial charge in [0.25, 0.3) is 0 Å². The fourth-order valence-corrected chi connectivity index (χ4v) is 2.53. The van der Waals surface area contributed by atoms with Crippen LogP contribution in [0.25, 0.3) is 0 Å². The Morgan fingerprint density at radius 1 is 1.33 bits per heavy atom. The Kier molecular flexibility index (Phi) is 7.27. The van der Waals surface area contributed by atoms with Gasteiger partial charge in [-0.1, -0.05) is 11.6 Å². The van der Waals surface area contributed by atoms with Crippen LogP contribution in [0.1, 0.15) is 6.42 Å². The molecule has 0 amide bonds. The summed E-state index contributed by atoms with van der Waals surface area (Å²) < 4.78 is 22.2. The highest BCUT2D eigenvalue weighted by molar-refractivity contribution is 7.85. The summed E-state index contributed by atoms with van der Waals surface area (Å²) in [6.07, 6.45) is 0.844. The second kappa shape index (κ2) is 8.48. The number of anilines is 1. The van der Waals surface area contributed by atoms with E-state index >= 15 is 0 Å². The summed E-state index contributed by atoms with van der Waals surface area (Å²) in [4.78, 5) is 0.676. The standard InChI is InChI=1S/C12H18ClNO3S/c1-16-5-2-6-17-7-8-18(15)10-3-4-12(14)11(13)9-10/h3-4,9H,2,5-8,14H2,1H3. The van der Waals surface area contributed by atoms with Gasteiger partial charge in [0.2, 0.25) is 0 Å². The topological polar surface area (TPSA) is 61.5 Å². The summed E-state index contributed by atoms with van der Waals surface area (Å²) in [5, 5.41) is 0.432. The zero-order valence-corrected chi connectivity index (χ0v) is 11.9. The highest BCUT2D eigenvalue weighted by atomic mass is 35.5. The van der Waals surface area contributed by atoms with Gasteiger partial charge >= 0.3 is 0 Å². The molecule has 1 aromatic rings. The largest absolute Gasteiger partial charge is 0.398 e. The van der Waals surface area contributed by atoms with E-state index in [0.29, 0.717) is 41.2 Å². The second-order valence-electron chi connectivity index (χ2n) is 3.69. The molecule has 0 saturated heterocycles. The molecule has 1 aromatic carbocycles. The number of hydrogen-bond donors (Lipinski definition) is 1. The van der Waals surface area contributed by atoms with Crippen LogP contribution in [0.3, 0.4) is 0 Å². The van der Waals surface area contributed by atoms with Crippen molar-refractivity contribution >= 4 is 28.1 Å². The van der Waals surface area contributed by atoms with E-state index in [9.17, 15) is 4.21 Å². The number of hydrogen-bond acceptors (Lipinski definition) is 4. The third-order valence-corrected chi connectivity index (χ3v) is 3.93. The Balaban J connectivity index is 2.30. The predicted molar refractivity (Wildman–Crippen MR) is 74.5 cm³/mol. The Morgan fingerprint density at radius 2 is 2.11 bits per heavy atom. The first-order valence-corrected chi connectivity index (χ1v) is 7.35. The molecule has 0 aliphatic carbocycles. The highest BCUT2D eigenvalue weighted by Gasteiger charge is 2.06. The van der Waals surface area contributed by atoms with E-state index in [0.717, 1.165) is 6.42 Å². The highest BCUT2D eigenvalue weighted by Crippen LogP contribution is 2.21. The Labute approximate surface area is 115 Å². The van der Waals surface area contributed by atoms with Crippen molar-refractivity contribution in [2.75, 3.05) is 38.4 Å². The van der Waals surface area contributed by atoms with Crippen molar-refractivity contribution in [3.05, 3.63) is 23.2 Å². The first kappa shape index (κ1) is 15.4. The molecule has 6 heteroatoms. The van der Waals surface area contributed by atoms with Gasteiger partial charge in [0.05, 0.1) is 33.9 Å². The molecule has 0 radical (unpaired) electrons. The van der Waals surface area contributed by atoms with Crippen LogP contribution in [0.5, 0.6) is 0 Å². The number of halogens is 1. The van der Waals surface area contributed by atoms with Gasteiger partial charge in [0, 0.05) is 25.2 Å². The van der Waals surface area contributed by atoms with Crippen molar-refractivity contribution in [2.45, 2.75) is 11.3 Å². The predicted octanol–water partition coefficient (Wildman–Crippen LogP) is 2.08. The molecule has 0 spiro atoms. The lowest BCUT2D eigenvalue weighted by molar-refractivity contribution is 0.112. The van der Waals surface area contributed by atoms with Gasteiger partial charge in [-0.2, -0.15) is 0 Å². The number of rotatable bonds is 8. The normalized spacial score (nSPS) is 12.6. The fourth-order valence-electron chi connectivity index (χ4n) is 1.31. The molecule has 0 aliphatic heterocycles. The van der Waals surface area contributed by atoms with Crippen LogP contribution in [0.2, 0.25) is 5.02 Å². The van der Waals surface area contributed by atoms with Gasteiger partial charge in [0.1, 0.15) is 0 Å². The van der Waals surface area contributed by atoms with Crippen LogP contribution in [-0.2, 0) is 20.3 Å². The summed E-state index contributed by atoms with van der Waals surface area (Å²) in [6.45, 7) is 1.75. The molecule has 2 N–H and O–H groups in total. The summed E-state index contributed by atoms with van der Waals surface area (Å²) in [7, 11) is 0.547. The molecular weight excluding hydrogens is 274 g/mol. The van der Waals surface area contributed by atoms with Crippen LogP contribution in [0.15, 0.2) is 23.1 Å². The lowest BCUT2D eigenvalue weighted by Crippen LogP contribution is -2.08. The van der Waals surface area contributed by atoms with E-state index in [4.69, 9.17) is 26.8 Å². The summed E-state index contributed by atoms with van der Waals surface area (Å²) >= 11 is 5.87. The SMILES string of the molecule is COCCCOCCS(=O)c1ccc(N)c(Cl)c1. The lowest BCUT2D eigenvalue weighted by atomic mass is 10.3. The van der Waals surface area contributed by atoms with Crippen molar-refractivity contribution in [1.82, 2.24) is 0 Å². The Morgan fingerprint density at radius 3 is 2.78 bits per heavy atom. The molecule has 0 aromatic heterocycles. The average molecular weight is 292 g/mol. The average Bonchev–Trinajstić information content (AvgIpc) is 2.36. The number of ether oxygens (including phenoxy) is 2. The zero-order valence-electron chi connectivity index (χ0n) is 10.4. The maximum atomic E-state index is 11.9. The van der Waals surface area contributed by atoms with Gasteiger partial charge in [-0.15, -0.1) is 0 Å². The third-order valence-electron chi connectivity index (χ3n) is 2.29. The number of methoxy groups -OCH3 is 1. The molecular formula is C12H18ClNO3S. The molecule has 1 unspecified atom stereocenters. The molecule has 1 rings (SSSR count). The first-order valence-electron chi connectivity index (χ1n) is 5.65. The second-order valence-corrected chi connectivity index (χ2v) is 5.67. The van der Waals surface area contributed by atoms with E-state index in [1.54, 1.807) is 25.3 Å². The quantitative estimate of drug-likeness (QED) is 0.588. The first-order chi connectivity index (χ1) is 8.65. The molecule has 102 valence electrons. The molecule has 0 bridgehead atoms. The smallest absolute Gasteiger partial charge is 0.0647 e. The van der Waals surface area contributed by atoms with Crippen LogP contribution in [0.4, 0.5) is 5.69 Å². The van der Waals surface area contributed by atoms with Crippen molar-refractivity contribution in [3.8, 4) is 0 Å². The maximum Gasteiger partial charge on any atom is 0.0647 e. The van der Waals surface area contributed by atoms with Crippen LogP contribution in [-0.4, -0.2) is 36.9 Å². The summed E-state index contributed by atoms with van der Waals surface area (Å²) in [5.74, 6) is 0.452. The molecule has 0 fully saturated rings. The minimum atomic E-state index is -1.11. The monoisotopic (exact) mass is 291 g/mol. The number of nitrogens with two attached hydrogens (primary N) is 1. The Hall–Kier alpha value is -0.620. The van der Waals surface area contributed by atoms with Crippen LogP contribution >= 0.6 is 11.6 Å². The van der Waals surface area contributed by atoms with Gasteiger partial charge in [-0.05, 0) is 24.6 Å². The fraction of sp³-hybridized carbons (Fsp3) is 0.500. The van der Waals surface area contributed by atoms with E-state index in [-0.39, 0.29) is 0 Å². The summed E-state index contributed by atoms with van der Waals surface area (Å²) in [6, 6.07) is 5.02.